The summed E-state index contributed by atoms with van der Waals surface area (Å²) in [5.74, 6) is -0.299. The summed E-state index contributed by atoms with van der Waals surface area (Å²) in [6.07, 6.45) is 0. The molecule has 1 aromatic heterocycles. The smallest absolute Gasteiger partial charge is 0.350 e. The highest BCUT2D eigenvalue weighted by atomic mass is 32.1. The molecule has 0 radical (unpaired) electrons. The van der Waals surface area contributed by atoms with Gasteiger partial charge in [-0.3, -0.25) is 0 Å². The van der Waals surface area contributed by atoms with Crippen LogP contribution in [0.15, 0.2) is 48.5 Å². The fourth-order valence-corrected chi connectivity index (χ4v) is 3.55. The highest BCUT2D eigenvalue weighted by Crippen LogP contribution is 2.35. The van der Waals surface area contributed by atoms with Crippen LogP contribution in [0, 0.1) is 13.8 Å². The van der Waals surface area contributed by atoms with Crippen molar-refractivity contribution in [2.45, 2.75) is 20.8 Å². The van der Waals surface area contributed by atoms with Gasteiger partial charge in [0.25, 0.3) is 0 Å². The number of esters is 1. The first kappa shape index (κ1) is 16.4. The van der Waals surface area contributed by atoms with Crippen LogP contribution in [0.3, 0.4) is 0 Å². The Kier molecular flexibility index (Phi) is 4.76. The Morgan fingerprint density at radius 2 is 1.71 bits per heavy atom. The highest BCUT2D eigenvalue weighted by Gasteiger charge is 2.18. The van der Waals surface area contributed by atoms with E-state index in [2.05, 4.69) is 42.2 Å². The average molecular weight is 337 g/mol. The van der Waals surface area contributed by atoms with Gasteiger partial charge in [-0.05, 0) is 31.9 Å². The molecule has 0 spiro atoms. The van der Waals surface area contributed by atoms with Crippen molar-refractivity contribution in [1.82, 2.24) is 4.98 Å². The third-order valence-electron chi connectivity index (χ3n) is 3.78. The molecule has 0 aliphatic heterocycles. The first-order valence-corrected chi connectivity index (χ1v) is 8.72. The highest BCUT2D eigenvalue weighted by molar-refractivity contribution is 7.17. The maximum Gasteiger partial charge on any atom is 0.350 e. The van der Waals surface area contributed by atoms with E-state index in [1.807, 2.05) is 32.0 Å². The molecule has 24 heavy (non-hydrogen) atoms. The summed E-state index contributed by atoms with van der Waals surface area (Å²) in [4.78, 5) is 17.2. The van der Waals surface area contributed by atoms with Crippen molar-refractivity contribution in [3.05, 3.63) is 64.7 Å². The second kappa shape index (κ2) is 6.97. The number of thiazole rings is 1. The number of aryl methyl sites for hydroxylation is 2. The van der Waals surface area contributed by atoms with E-state index in [-0.39, 0.29) is 5.97 Å². The minimum Gasteiger partial charge on any atom is -0.462 e. The van der Waals surface area contributed by atoms with Gasteiger partial charge in [-0.2, -0.15) is 0 Å². The molecular weight excluding hydrogens is 318 g/mol. The van der Waals surface area contributed by atoms with E-state index in [0.29, 0.717) is 17.2 Å². The minimum absolute atomic E-state index is 0.299. The number of nitrogens with zero attached hydrogens (tertiary/aromatic N) is 1. The molecule has 0 amide bonds. The maximum atomic E-state index is 12.1. The van der Waals surface area contributed by atoms with Gasteiger partial charge in [0.1, 0.15) is 9.88 Å². The SMILES string of the molecule is CCOC(=O)c1sc(-c2ccccc2-c2ccc(C)cc2)nc1C. The summed E-state index contributed by atoms with van der Waals surface area (Å²) in [5.41, 5.74) is 5.23. The zero-order valence-corrected chi connectivity index (χ0v) is 14.8. The van der Waals surface area contributed by atoms with Crippen LogP contribution in [0.5, 0.6) is 0 Å². The number of benzene rings is 2. The molecule has 3 rings (SSSR count). The van der Waals surface area contributed by atoms with E-state index in [9.17, 15) is 4.79 Å². The summed E-state index contributed by atoms with van der Waals surface area (Å²) in [7, 11) is 0. The van der Waals surface area contributed by atoms with Gasteiger partial charge in [0, 0.05) is 5.56 Å². The lowest BCUT2D eigenvalue weighted by Gasteiger charge is -2.07. The Morgan fingerprint density at radius 1 is 1.04 bits per heavy atom. The Labute approximate surface area is 146 Å². The van der Waals surface area contributed by atoms with Gasteiger partial charge in [0.05, 0.1) is 12.3 Å². The standard InChI is InChI=1S/C20H19NO2S/c1-4-23-20(22)18-14(3)21-19(24-18)17-8-6-5-7-16(17)15-11-9-13(2)10-12-15/h5-12H,4H2,1-3H3. The lowest BCUT2D eigenvalue weighted by atomic mass is 9.99. The monoisotopic (exact) mass is 337 g/mol. The van der Waals surface area contributed by atoms with Crippen LogP contribution in [0.25, 0.3) is 21.7 Å². The predicted molar refractivity (Wildman–Crippen MR) is 98.4 cm³/mol. The van der Waals surface area contributed by atoms with E-state index >= 15 is 0 Å². The van der Waals surface area contributed by atoms with Gasteiger partial charge in [0.15, 0.2) is 0 Å². The summed E-state index contributed by atoms with van der Waals surface area (Å²) < 4.78 is 5.12. The van der Waals surface area contributed by atoms with E-state index in [1.54, 1.807) is 0 Å². The largest absolute Gasteiger partial charge is 0.462 e. The van der Waals surface area contributed by atoms with Crippen LogP contribution in [0.1, 0.15) is 27.9 Å². The van der Waals surface area contributed by atoms with Crippen LogP contribution >= 0.6 is 11.3 Å². The average Bonchev–Trinajstić information content (AvgIpc) is 2.98. The third kappa shape index (κ3) is 3.24. The maximum absolute atomic E-state index is 12.1. The summed E-state index contributed by atoms with van der Waals surface area (Å²) in [6, 6.07) is 16.6. The normalized spacial score (nSPS) is 10.6. The van der Waals surface area contributed by atoms with E-state index in [0.717, 1.165) is 21.7 Å². The molecule has 0 fully saturated rings. The van der Waals surface area contributed by atoms with Gasteiger partial charge >= 0.3 is 5.97 Å². The number of carbonyl (C=O) groups excluding carboxylic acids is 1. The molecule has 1 heterocycles. The van der Waals surface area contributed by atoms with Crippen molar-refractivity contribution in [1.29, 1.82) is 0 Å². The number of hydrogen-bond acceptors (Lipinski definition) is 4. The van der Waals surface area contributed by atoms with Crippen molar-refractivity contribution < 1.29 is 9.53 Å². The topological polar surface area (TPSA) is 39.2 Å². The Balaban J connectivity index is 2.06. The molecule has 0 saturated carbocycles. The molecule has 0 saturated heterocycles. The molecule has 3 nitrogen and oxygen atoms in total. The third-order valence-corrected chi connectivity index (χ3v) is 4.95. The predicted octanol–water partition coefficient (Wildman–Crippen LogP) is 5.27. The lowest BCUT2D eigenvalue weighted by Crippen LogP contribution is -2.03. The van der Waals surface area contributed by atoms with Crippen LogP contribution in [-0.4, -0.2) is 17.6 Å². The quantitative estimate of drug-likeness (QED) is 0.609. The molecule has 2 aromatic carbocycles. The van der Waals surface area contributed by atoms with Crippen molar-refractivity contribution in [3.8, 4) is 21.7 Å². The van der Waals surface area contributed by atoms with Gasteiger partial charge < -0.3 is 4.74 Å². The van der Waals surface area contributed by atoms with Crippen LogP contribution in [0.4, 0.5) is 0 Å². The van der Waals surface area contributed by atoms with E-state index in [1.165, 1.54) is 16.9 Å². The van der Waals surface area contributed by atoms with Crippen LogP contribution < -0.4 is 0 Å². The number of rotatable bonds is 4. The van der Waals surface area contributed by atoms with Crippen molar-refractivity contribution >= 4 is 17.3 Å². The molecule has 0 N–H and O–H groups in total. The first-order valence-electron chi connectivity index (χ1n) is 7.91. The van der Waals surface area contributed by atoms with Crippen LogP contribution in [0.2, 0.25) is 0 Å². The second-order valence-electron chi connectivity index (χ2n) is 5.57. The molecule has 0 bridgehead atoms. The minimum atomic E-state index is -0.299. The fourth-order valence-electron chi connectivity index (χ4n) is 2.55. The van der Waals surface area contributed by atoms with Gasteiger partial charge in [-0.1, -0.05) is 54.1 Å². The Hall–Kier alpha value is -2.46. The number of hydrogen-bond donors (Lipinski definition) is 0. The summed E-state index contributed by atoms with van der Waals surface area (Å²) in [5, 5.41) is 0.840. The Morgan fingerprint density at radius 3 is 2.38 bits per heavy atom. The number of aromatic nitrogens is 1. The summed E-state index contributed by atoms with van der Waals surface area (Å²) >= 11 is 1.39. The van der Waals surface area contributed by atoms with Gasteiger partial charge in [-0.15, -0.1) is 11.3 Å². The zero-order chi connectivity index (χ0) is 17.1. The van der Waals surface area contributed by atoms with Gasteiger partial charge in [0.2, 0.25) is 0 Å². The molecule has 3 aromatic rings. The Bertz CT molecular complexity index is 866. The molecular formula is C20H19NO2S. The number of ether oxygens (including phenoxy) is 1. The first-order chi connectivity index (χ1) is 11.6. The molecule has 0 unspecified atom stereocenters. The van der Waals surface area contributed by atoms with Crippen molar-refractivity contribution in [2.24, 2.45) is 0 Å². The zero-order valence-electron chi connectivity index (χ0n) is 14.0. The molecule has 122 valence electrons. The van der Waals surface area contributed by atoms with Crippen LogP contribution in [-0.2, 0) is 4.74 Å². The molecule has 4 heteroatoms. The summed E-state index contributed by atoms with van der Waals surface area (Å²) in [6.45, 7) is 6.10. The molecule has 0 aliphatic rings. The van der Waals surface area contributed by atoms with Crippen molar-refractivity contribution in [2.75, 3.05) is 6.61 Å². The lowest BCUT2D eigenvalue weighted by molar-refractivity contribution is 0.0531. The fraction of sp³-hybridized carbons (Fsp3) is 0.200. The van der Waals surface area contributed by atoms with Gasteiger partial charge in [-0.25, -0.2) is 9.78 Å². The molecule has 0 aliphatic carbocycles. The number of carbonyl (C=O) groups is 1. The van der Waals surface area contributed by atoms with E-state index < -0.39 is 0 Å². The second-order valence-corrected chi connectivity index (χ2v) is 6.56. The van der Waals surface area contributed by atoms with Crippen molar-refractivity contribution in [3.63, 3.8) is 0 Å². The van der Waals surface area contributed by atoms with E-state index in [4.69, 9.17) is 4.74 Å². The molecule has 0 atom stereocenters.